The molecular formula is C10H17N3O2. The molecule has 0 aliphatic carbocycles. The molecule has 0 saturated carbocycles. The van der Waals surface area contributed by atoms with Gasteiger partial charge in [-0.05, 0) is 20.3 Å². The molecular weight excluding hydrogens is 194 g/mol. The molecule has 0 saturated heterocycles. The average molecular weight is 211 g/mol. The lowest BCUT2D eigenvalue weighted by Crippen LogP contribution is -2.32. The molecule has 0 fully saturated rings. The summed E-state index contributed by atoms with van der Waals surface area (Å²) < 4.78 is 4.95. The summed E-state index contributed by atoms with van der Waals surface area (Å²) in [4.78, 5) is 8.18. The Hall–Kier alpha value is -1.36. The fourth-order valence-electron chi connectivity index (χ4n) is 1.13. The van der Waals surface area contributed by atoms with Crippen LogP contribution in [0.4, 0.5) is 5.95 Å². The van der Waals surface area contributed by atoms with Crippen LogP contribution in [-0.4, -0.2) is 34.3 Å². The Kier molecular flexibility index (Phi) is 3.85. The minimum atomic E-state index is -0.219. The molecule has 1 aromatic heterocycles. The first kappa shape index (κ1) is 11.7. The van der Waals surface area contributed by atoms with Gasteiger partial charge in [-0.3, -0.25) is 0 Å². The highest BCUT2D eigenvalue weighted by molar-refractivity contribution is 5.30. The number of nitrogens with zero attached hydrogens (tertiary/aromatic N) is 2. The van der Waals surface area contributed by atoms with E-state index in [9.17, 15) is 0 Å². The second kappa shape index (κ2) is 4.93. The maximum atomic E-state index is 8.86. The first-order chi connectivity index (χ1) is 7.07. The topological polar surface area (TPSA) is 67.3 Å². The van der Waals surface area contributed by atoms with Gasteiger partial charge in [-0.15, -0.1) is 0 Å². The van der Waals surface area contributed by atoms with E-state index < -0.39 is 0 Å². The van der Waals surface area contributed by atoms with Crippen molar-refractivity contribution >= 4 is 5.95 Å². The van der Waals surface area contributed by atoms with Gasteiger partial charge in [0.25, 0.3) is 0 Å². The molecule has 0 bridgehead atoms. The Morgan fingerprint density at radius 3 is 2.47 bits per heavy atom. The van der Waals surface area contributed by atoms with Crippen LogP contribution in [0.15, 0.2) is 12.4 Å². The summed E-state index contributed by atoms with van der Waals surface area (Å²) in [7, 11) is 1.57. The Morgan fingerprint density at radius 2 is 2.00 bits per heavy atom. The number of rotatable bonds is 5. The van der Waals surface area contributed by atoms with Gasteiger partial charge in [-0.1, -0.05) is 0 Å². The zero-order valence-electron chi connectivity index (χ0n) is 9.32. The van der Waals surface area contributed by atoms with Crippen molar-refractivity contribution in [2.24, 2.45) is 0 Å². The van der Waals surface area contributed by atoms with E-state index in [1.54, 1.807) is 19.5 Å². The normalized spacial score (nSPS) is 11.2. The van der Waals surface area contributed by atoms with Crippen LogP contribution in [0.2, 0.25) is 0 Å². The van der Waals surface area contributed by atoms with Crippen LogP contribution in [0.5, 0.6) is 5.75 Å². The smallest absolute Gasteiger partial charge is 0.223 e. The summed E-state index contributed by atoms with van der Waals surface area (Å²) in [5.41, 5.74) is -0.219. The third-order valence-corrected chi connectivity index (χ3v) is 2.05. The highest BCUT2D eigenvalue weighted by atomic mass is 16.5. The largest absolute Gasteiger partial charge is 0.494 e. The number of nitrogens with one attached hydrogen (secondary N) is 1. The highest BCUT2D eigenvalue weighted by Gasteiger charge is 2.17. The van der Waals surface area contributed by atoms with E-state index in [0.717, 1.165) is 0 Å². The van der Waals surface area contributed by atoms with Crippen molar-refractivity contribution in [1.82, 2.24) is 9.97 Å². The molecule has 0 atom stereocenters. The minimum Gasteiger partial charge on any atom is -0.494 e. The third-order valence-electron chi connectivity index (χ3n) is 2.05. The maximum absolute atomic E-state index is 8.86. The molecule has 0 spiro atoms. The lowest BCUT2D eigenvalue weighted by atomic mass is 10.0. The zero-order chi connectivity index (χ0) is 11.3. The van der Waals surface area contributed by atoms with Crippen molar-refractivity contribution in [3.05, 3.63) is 12.4 Å². The van der Waals surface area contributed by atoms with Gasteiger partial charge in [0, 0.05) is 12.1 Å². The van der Waals surface area contributed by atoms with Crippen molar-refractivity contribution < 1.29 is 9.84 Å². The zero-order valence-corrected chi connectivity index (χ0v) is 9.32. The number of aromatic nitrogens is 2. The summed E-state index contributed by atoms with van der Waals surface area (Å²) in [6.45, 7) is 4.10. The Balaban J connectivity index is 2.64. The van der Waals surface area contributed by atoms with E-state index >= 15 is 0 Å². The number of methoxy groups -OCH3 is 1. The quantitative estimate of drug-likeness (QED) is 0.762. The van der Waals surface area contributed by atoms with Gasteiger partial charge in [0.2, 0.25) is 5.95 Å². The van der Waals surface area contributed by atoms with Crippen LogP contribution in [0.3, 0.4) is 0 Å². The molecule has 1 rings (SSSR count). The minimum absolute atomic E-state index is 0.135. The fourth-order valence-corrected chi connectivity index (χ4v) is 1.13. The van der Waals surface area contributed by atoms with Crippen molar-refractivity contribution in [2.75, 3.05) is 19.0 Å². The molecule has 1 aromatic rings. The molecule has 0 aromatic carbocycles. The molecule has 0 amide bonds. The van der Waals surface area contributed by atoms with Crippen molar-refractivity contribution in [3.63, 3.8) is 0 Å². The molecule has 15 heavy (non-hydrogen) atoms. The predicted octanol–water partition coefficient (Wildman–Crippen LogP) is 1.06. The first-order valence-corrected chi connectivity index (χ1v) is 4.82. The van der Waals surface area contributed by atoms with Gasteiger partial charge < -0.3 is 15.2 Å². The van der Waals surface area contributed by atoms with Crippen LogP contribution in [0.25, 0.3) is 0 Å². The number of ether oxygens (including phenoxy) is 1. The van der Waals surface area contributed by atoms with E-state index in [0.29, 0.717) is 18.1 Å². The molecule has 0 aliphatic heterocycles. The number of aliphatic hydroxyl groups excluding tert-OH is 1. The molecule has 0 aliphatic rings. The molecule has 1 heterocycles. The lowest BCUT2D eigenvalue weighted by Gasteiger charge is -2.25. The summed E-state index contributed by atoms with van der Waals surface area (Å²) in [5, 5.41) is 12.0. The van der Waals surface area contributed by atoms with Gasteiger partial charge in [-0.25, -0.2) is 9.97 Å². The number of anilines is 1. The van der Waals surface area contributed by atoms with Gasteiger partial charge in [0.1, 0.15) is 0 Å². The van der Waals surface area contributed by atoms with Crippen molar-refractivity contribution in [1.29, 1.82) is 0 Å². The van der Waals surface area contributed by atoms with E-state index in [1.165, 1.54) is 0 Å². The lowest BCUT2D eigenvalue weighted by molar-refractivity contribution is 0.260. The molecule has 5 nitrogen and oxygen atoms in total. The molecule has 84 valence electrons. The monoisotopic (exact) mass is 211 g/mol. The summed E-state index contributed by atoms with van der Waals surface area (Å²) in [6, 6.07) is 0. The van der Waals surface area contributed by atoms with E-state index in [-0.39, 0.29) is 12.1 Å². The first-order valence-electron chi connectivity index (χ1n) is 4.82. The number of hydrogen-bond acceptors (Lipinski definition) is 5. The van der Waals surface area contributed by atoms with Gasteiger partial charge in [-0.2, -0.15) is 0 Å². The molecule has 5 heteroatoms. The predicted molar refractivity (Wildman–Crippen MR) is 58.0 cm³/mol. The van der Waals surface area contributed by atoms with Crippen LogP contribution in [0.1, 0.15) is 20.3 Å². The van der Waals surface area contributed by atoms with Crippen LogP contribution >= 0.6 is 0 Å². The van der Waals surface area contributed by atoms with Crippen LogP contribution in [-0.2, 0) is 0 Å². The van der Waals surface area contributed by atoms with Crippen molar-refractivity contribution in [2.45, 2.75) is 25.8 Å². The van der Waals surface area contributed by atoms with E-state index in [2.05, 4.69) is 15.3 Å². The van der Waals surface area contributed by atoms with E-state index in [4.69, 9.17) is 9.84 Å². The van der Waals surface area contributed by atoms with Crippen LogP contribution in [0, 0.1) is 0 Å². The van der Waals surface area contributed by atoms with Gasteiger partial charge in [0.05, 0.1) is 19.5 Å². The molecule has 2 N–H and O–H groups in total. The number of aliphatic hydroxyl groups is 1. The van der Waals surface area contributed by atoms with Crippen molar-refractivity contribution in [3.8, 4) is 5.75 Å². The van der Waals surface area contributed by atoms with Gasteiger partial charge in [0.15, 0.2) is 5.75 Å². The fraction of sp³-hybridized carbons (Fsp3) is 0.600. The summed E-state index contributed by atoms with van der Waals surface area (Å²) in [6.07, 6.45) is 3.84. The second-order valence-electron chi connectivity index (χ2n) is 3.93. The highest BCUT2D eigenvalue weighted by Crippen LogP contribution is 2.15. The molecule has 0 radical (unpaired) electrons. The SMILES string of the molecule is COc1cnc(NC(C)(C)CCO)nc1. The maximum Gasteiger partial charge on any atom is 0.223 e. The molecule has 0 unspecified atom stereocenters. The third kappa shape index (κ3) is 3.71. The summed E-state index contributed by atoms with van der Waals surface area (Å²) >= 11 is 0. The standard InChI is InChI=1S/C10H17N3O2/c1-10(2,4-5-14)13-9-11-6-8(15-3)7-12-9/h6-7,14H,4-5H2,1-3H3,(H,11,12,13). The second-order valence-corrected chi connectivity index (χ2v) is 3.93. The van der Waals surface area contributed by atoms with Crippen LogP contribution < -0.4 is 10.1 Å². The van der Waals surface area contributed by atoms with Gasteiger partial charge >= 0.3 is 0 Å². The van der Waals surface area contributed by atoms with E-state index in [1.807, 2.05) is 13.8 Å². The Labute approximate surface area is 89.5 Å². The number of hydrogen-bond donors (Lipinski definition) is 2. The summed E-state index contributed by atoms with van der Waals surface area (Å²) in [5.74, 6) is 1.16. The average Bonchev–Trinajstić information content (AvgIpc) is 2.18. The Bertz CT molecular complexity index is 298. The Morgan fingerprint density at radius 1 is 1.40 bits per heavy atom.